The molecule has 6 rings (SSSR count). The van der Waals surface area contributed by atoms with Gasteiger partial charge in [0.2, 0.25) is 12.7 Å². The Labute approximate surface area is 266 Å². The molecule has 2 aliphatic heterocycles. The van der Waals surface area contributed by atoms with Crippen molar-refractivity contribution < 1.29 is 23.8 Å². The SMILES string of the molecule is O=C(Nc1ccc(Oc2ccc(CCC(=O)N3CCN(Cc4ccc5c(c4)OCO5)CC3)cc2)cc1)c1ccc(Cl)c(Cl)c1. The van der Waals surface area contributed by atoms with E-state index in [1.165, 1.54) is 11.6 Å². The van der Waals surface area contributed by atoms with Crippen molar-refractivity contribution in [1.29, 1.82) is 0 Å². The Morgan fingerprint density at radius 1 is 0.750 bits per heavy atom. The van der Waals surface area contributed by atoms with Gasteiger partial charge in [-0.05, 0) is 84.3 Å². The Hall–Kier alpha value is -4.24. The van der Waals surface area contributed by atoms with Crippen LogP contribution in [0.25, 0.3) is 0 Å². The molecule has 226 valence electrons. The topological polar surface area (TPSA) is 80.3 Å². The molecule has 0 radical (unpaired) electrons. The quantitative estimate of drug-likeness (QED) is 0.213. The lowest BCUT2D eigenvalue weighted by molar-refractivity contribution is -0.133. The van der Waals surface area contributed by atoms with Crippen LogP contribution in [0, 0.1) is 0 Å². The number of benzene rings is 4. The third-order valence-corrected chi connectivity index (χ3v) is 8.39. The predicted molar refractivity (Wildman–Crippen MR) is 170 cm³/mol. The van der Waals surface area contributed by atoms with E-state index in [1.807, 2.05) is 41.3 Å². The molecule has 4 aromatic carbocycles. The van der Waals surface area contributed by atoms with Gasteiger partial charge in [-0.1, -0.05) is 41.4 Å². The van der Waals surface area contributed by atoms with Crippen LogP contribution < -0.4 is 19.5 Å². The minimum atomic E-state index is -0.286. The van der Waals surface area contributed by atoms with E-state index in [0.717, 1.165) is 49.8 Å². The van der Waals surface area contributed by atoms with Gasteiger partial charge >= 0.3 is 0 Å². The molecule has 0 aliphatic carbocycles. The van der Waals surface area contributed by atoms with Crippen molar-refractivity contribution in [2.75, 3.05) is 38.3 Å². The largest absolute Gasteiger partial charge is 0.457 e. The zero-order valence-corrected chi connectivity index (χ0v) is 25.4. The maximum Gasteiger partial charge on any atom is 0.255 e. The highest BCUT2D eigenvalue weighted by Gasteiger charge is 2.22. The second-order valence-corrected chi connectivity index (χ2v) is 11.5. The summed E-state index contributed by atoms with van der Waals surface area (Å²) in [7, 11) is 0. The van der Waals surface area contributed by atoms with E-state index in [0.29, 0.717) is 45.6 Å². The summed E-state index contributed by atoms with van der Waals surface area (Å²) in [5.41, 5.74) is 3.30. The van der Waals surface area contributed by atoms with Crippen molar-refractivity contribution in [3.05, 3.63) is 112 Å². The first-order valence-electron chi connectivity index (χ1n) is 14.4. The van der Waals surface area contributed by atoms with Crippen molar-refractivity contribution in [2.45, 2.75) is 19.4 Å². The number of piperazine rings is 1. The van der Waals surface area contributed by atoms with E-state index in [4.69, 9.17) is 37.4 Å². The van der Waals surface area contributed by atoms with Crippen LogP contribution in [0.4, 0.5) is 5.69 Å². The fourth-order valence-corrected chi connectivity index (χ4v) is 5.47. The van der Waals surface area contributed by atoms with Crippen molar-refractivity contribution in [3.63, 3.8) is 0 Å². The summed E-state index contributed by atoms with van der Waals surface area (Å²) in [5.74, 6) is 2.81. The van der Waals surface area contributed by atoms with Crippen LogP contribution in [0.1, 0.15) is 27.9 Å². The summed E-state index contributed by atoms with van der Waals surface area (Å²) >= 11 is 11.9. The Morgan fingerprint density at radius 3 is 2.16 bits per heavy atom. The van der Waals surface area contributed by atoms with Gasteiger partial charge < -0.3 is 24.4 Å². The molecule has 44 heavy (non-hydrogen) atoms. The lowest BCUT2D eigenvalue weighted by atomic mass is 10.1. The molecular weight excluding hydrogens is 601 g/mol. The van der Waals surface area contributed by atoms with Crippen LogP contribution in [0.5, 0.6) is 23.0 Å². The molecule has 1 saturated heterocycles. The van der Waals surface area contributed by atoms with Gasteiger partial charge in [0.15, 0.2) is 11.5 Å². The van der Waals surface area contributed by atoms with E-state index < -0.39 is 0 Å². The predicted octanol–water partition coefficient (Wildman–Crippen LogP) is 7.04. The van der Waals surface area contributed by atoms with Crippen LogP contribution in [0.15, 0.2) is 84.9 Å². The summed E-state index contributed by atoms with van der Waals surface area (Å²) in [6.07, 6.45) is 1.14. The lowest BCUT2D eigenvalue weighted by Crippen LogP contribution is -2.48. The van der Waals surface area contributed by atoms with Gasteiger partial charge in [-0.25, -0.2) is 0 Å². The molecule has 4 aromatic rings. The molecule has 0 atom stereocenters. The molecule has 10 heteroatoms. The minimum absolute atomic E-state index is 0.180. The summed E-state index contributed by atoms with van der Waals surface area (Å²) < 4.78 is 16.8. The molecule has 2 amide bonds. The van der Waals surface area contributed by atoms with E-state index >= 15 is 0 Å². The van der Waals surface area contributed by atoms with Gasteiger partial charge in [-0.15, -0.1) is 0 Å². The first-order chi connectivity index (χ1) is 21.4. The van der Waals surface area contributed by atoms with E-state index in [9.17, 15) is 9.59 Å². The average Bonchev–Trinajstić information content (AvgIpc) is 3.51. The summed E-state index contributed by atoms with van der Waals surface area (Å²) in [6.45, 7) is 4.25. The lowest BCUT2D eigenvalue weighted by Gasteiger charge is -2.34. The van der Waals surface area contributed by atoms with Crippen LogP contribution in [-0.4, -0.2) is 54.6 Å². The third kappa shape index (κ3) is 7.45. The number of nitrogens with zero attached hydrogens (tertiary/aromatic N) is 2. The molecule has 0 bridgehead atoms. The zero-order chi connectivity index (χ0) is 30.5. The Kier molecular flexibility index (Phi) is 9.21. The van der Waals surface area contributed by atoms with Crippen molar-refractivity contribution >= 4 is 40.7 Å². The summed E-state index contributed by atoms with van der Waals surface area (Å²) in [5, 5.41) is 3.55. The molecule has 0 spiro atoms. The first-order valence-corrected chi connectivity index (χ1v) is 15.2. The molecular formula is C34H31Cl2N3O5. The maximum absolute atomic E-state index is 12.9. The fourth-order valence-electron chi connectivity index (χ4n) is 5.17. The van der Waals surface area contributed by atoms with Gasteiger partial charge in [0.25, 0.3) is 5.91 Å². The van der Waals surface area contributed by atoms with Crippen molar-refractivity contribution in [3.8, 4) is 23.0 Å². The number of carbonyl (C=O) groups is 2. The normalized spacial score (nSPS) is 14.4. The molecule has 1 N–H and O–H groups in total. The maximum atomic E-state index is 12.9. The molecule has 0 unspecified atom stereocenters. The van der Waals surface area contributed by atoms with Crippen molar-refractivity contribution in [1.82, 2.24) is 9.80 Å². The van der Waals surface area contributed by atoms with Crippen LogP contribution in [-0.2, 0) is 17.8 Å². The van der Waals surface area contributed by atoms with Crippen LogP contribution >= 0.6 is 23.2 Å². The summed E-state index contributed by atoms with van der Waals surface area (Å²) in [4.78, 5) is 29.7. The number of carbonyl (C=O) groups excluding carboxylic acids is 2. The standard InChI is InChI=1S/C34H31Cl2N3O5/c35-29-12-5-25(20-30(29)36)34(41)37-26-6-10-28(11-7-26)44-27-8-1-23(2-9-27)4-14-33(40)39-17-15-38(16-18-39)21-24-3-13-31-32(19-24)43-22-42-31/h1-3,5-13,19-20H,4,14-18,21-22H2,(H,37,41). The highest BCUT2D eigenvalue weighted by atomic mass is 35.5. The number of halogens is 2. The number of aryl methyl sites for hydroxylation is 1. The van der Waals surface area contributed by atoms with Crippen molar-refractivity contribution in [2.24, 2.45) is 0 Å². The molecule has 1 fully saturated rings. The summed E-state index contributed by atoms with van der Waals surface area (Å²) in [6, 6.07) is 25.7. The number of hydrogen-bond donors (Lipinski definition) is 1. The second kappa shape index (κ2) is 13.6. The number of hydrogen-bond acceptors (Lipinski definition) is 6. The Morgan fingerprint density at radius 2 is 1.43 bits per heavy atom. The van der Waals surface area contributed by atoms with Crippen LogP contribution in [0.3, 0.4) is 0 Å². The molecule has 0 aromatic heterocycles. The monoisotopic (exact) mass is 631 g/mol. The molecule has 0 saturated carbocycles. The number of amides is 2. The van der Waals surface area contributed by atoms with E-state index in [2.05, 4.69) is 16.3 Å². The molecule has 8 nitrogen and oxygen atoms in total. The van der Waals surface area contributed by atoms with Gasteiger partial charge in [0.05, 0.1) is 10.0 Å². The number of nitrogens with one attached hydrogen (secondary N) is 1. The highest BCUT2D eigenvalue weighted by molar-refractivity contribution is 6.42. The fraction of sp³-hybridized carbons (Fsp3) is 0.235. The Bertz CT molecular complexity index is 1640. The Balaban J connectivity index is 0.925. The number of ether oxygens (including phenoxy) is 3. The van der Waals surface area contributed by atoms with Gasteiger partial charge in [-0.3, -0.25) is 14.5 Å². The smallest absolute Gasteiger partial charge is 0.255 e. The van der Waals surface area contributed by atoms with Gasteiger partial charge in [-0.2, -0.15) is 0 Å². The second-order valence-electron chi connectivity index (χ2n) is 10.7. The molecule has 2 aliphatic rings. The van der Waals surface area contributed by atoms with Crippen LogP contribution in [0.2, 0.25) is 10.0 Å². The first kappa shape index (κ1) is 29.8. The van der Waals surface area contributed by atoms with Gasteiger partial charge in [0.1, 0.15) is 11.5 Å². The minimum Gasteiger partial charge on any atom is -0.457 e. The highest BCUT2D eigenvalue weighted by Crippen LogP contribution is 2.33. The zero-order valence-electron chi connectivity index (χ0n) is 23.9. The number of rotatable bonds is 9. The number of fused-ring (bicyclic) bond motifs is 1. The van der Waals surface area contributed by atoms with E-state index in [-0.39, 0.29) is 18.6 Å². The molecule has 2 heterocycles. The third-order valence-electron chi connectivity index (χ3n) is 7.65. The van der Waals surface area contributed by atoms with E-state index in [1.54, 1.807) is 36.4 Å². The number of anilines is 1. The average molecular weight is 633 g/mol. The van der Waals surface area contributed by atoms with Gasteiger partial charge in [0, 0.05) is 50.4 Å².